The molecule has 0 aromatic rings. The van der Waals surface area contributed by atoms with E-state index in [1.807, 2.05) is 26.6 Å². The minimum Gasteiger partial charge on any atom is -0.520 e. The molecule has 132 valence electrons. The van der Waals surface area contributed by atoms with E-state index in [2.05, 4.69) is 39.3 Å². The summed E-state index contributed by atoms with van der Waals surface area (Å²) in [5.74, 6) is -0.145. The van der Waals surface area contributed by atoms with Crippen molar-refractivity contribution in [2.75, 3.05) is 6.61 Å². The third-order valence-electron chi connectivity index (χ3n) is 2.66. The van der Waals surface area contributed by atoms with Crippen molar-refractivity contribution in [2.45, 2.75) is 84.3 Å². The fourth-order valence-electron chi connectivity index (χ4n) is 2.17. The lowest BCUT2D eigenvalue weighted by atomic mass is 9.99. The van der Waals surface area contributed by atoms with Gasteiger partial charge in [0.2, 0.25) is 8.32 Å². The molecule has 22 heavy (non-hydrogen) atoms. The number of hydrogen-bond donors (Lipinski definition) is 0. The molecule has 0 aliphatic carbocycles. The highest BCUT2D eigenvalue weighted by atomic mass is 28.4. The van der Waals surface area contributed by atoms with Gasteiger partial charge in [-0.1, -0.05) is 0 Å². The molecule has 0 aromatic carbocycles. The molecule has 0 aliphatic heterocycles. The van der Waals surface area contributed by atoms with Crippen molar-refractivity contribution in [2.24, 2.45) is 0 Å². The molecule has 7 heteroatoms. The van der Waals surface area contributed by atoms with Crippen LogP contribution in [-0.4, -0.2) is 43.1 Å². The topological polar surface area (TPSA) is 44.8 Å². The van der Waals surface area contributed by atoms with Crippen LogP contribution in [0.15, 0.2) is 0 Å². The zero-order chi connectivity index (χ0) is 17.8. The standard InChI is InChI=1S/C15H36O4Si3/c1-15(19-22(8,9)10,11-12-17-20(2,3)4)13-14(16)18-21(5,6)7/h11-13H2,1-10H3/t15-/m1/s1. The van der Waals surface area contributed by atoms with Gasteiger partial charge in [-0.2, -0.15) is 0 Å². The molecule has 1 atom stereocenters. The monoisotopic (exact) mass is 364 g/mol. The van der Waals surface area contributed by atoms with Crippen molar-refractivity contribution in [1.82, 2.24) is 0 Å². The first kappa shape index (κ1) is 22.0. The Bertz CT molecular complexity index is 366. The van der Waals surface area contributed by atoms with Crippen LogP contribution >= 0.6 is 0 Å². The van der Waals surface area contributed by atoms with Gasteiger partial charge in [-0.25, -0.2) is 0 Å². The third kappa shape index (κ3) is 12.6. The zero-order valence-electron chi connectivity index (χ0n) is 16.3. The molecule has 0 rings (SSSR count). The summed E-state index contributed by atoms with van der Waals surface area (Å²) in [5, 5.41) is 0. The van der Waals surface area contributed by atoms with Crippen LogP contribution in [0.1, 0.15) is 19.8 Å². The Morgan fingerprint density at radius 3 is 1.73 bits per heavy atom. The highest BCUT2D eigenvalue weighted by Crippen LogP contribution is 2.27. The Hall–Kier alpha value is 0.0406. The van der Waals surface area contributed by atoms with Crippen molar-refractivity contribution >= 4 is 30.9 Å². The Balaban J connectivity index is 4.83. The van der Waals surface area contributed by atoms with Crippen LogP contribution in [0.5, 0.6) is 0 Å². The first-order valence-corrected chi connectivity index (χ1v) is 18.3. The third-order valence-corrected chi connectivity index (χ3v) is 5.67. The molecule has 0 heterocycles. The molecule has 0 spiro atoms. The van der Waals surface area contributed by atoms with Crippen LogP contribution in [-0.2, 0) is 18.1 Å². The first-order valence-electron chi connectivity index (χ1n) is 8.07. The summed E-state index contributed by atoms with van der Waals surface area (Å²) in [6, 6.07) is 0. The fourth-order valence-corrected chi connectivity index (χ4v) is 5.29. The second-order valence-corrected chi connectivity index (χ2v) is 22.5. The molecule has 4 nitrogen and oxygen atoms in total. The lowest BCUT2D eigenvalue weighted by Crippen LogP contribution is -2.44. The maximum atomic E-state index is 12.2. The van der Waals surface area contributed by atoms with Gasteiger partial charge in [0.05, 0.1) is 12.0 Å². The van der Waals surface area contributed by atoms with Crippen LogP contribution in [0.3, 0.4) is 0 Å². The van der Waals surface area contributed by atoms with Crippen molar-refractivity contribution in [3.8, 4) is 0 Å². The van der Waals surface area contributed by atoms with Gasteiger partial charge >= 0.3 is 0 Å². The smallest absolute Gasteiger partial charge is 0.295 e. The SMILES string of the molecule is C[C@@](CCO[Si](C)(C)C)(CC(=O)O[Si](C)(C)C)O[Si](C)(C)C. The lowest BCUT2D eigenvalue weighted by Gasteiger charge is -2.37. The summed E-state index contributed by atoms with van der Waals surface area (Å²) in [6.45, 7) is 21.7. The molecule has 0 aromatic heterocycles. The average molecular weight is 365 g/mol. The maximum absolute atomic E-state index is 12.2. The minimum absolute atomic E-state index is 0.145. The maximum Gasteiger partial charge on any atom is 0.295 e. The minimum atomic E-state index is -1.86. The predicted molar refractivity (Wildman–Crippen MR) is 101 cm³/mol. The van der Waals surface area contributed by atoms with Crippen molar-refractivity contribution < 1.29 is 18.1 Å². The number of carbonyl (C=O) groups excluding carboxylic acids is 1. The summed E-state index contributed by atoms with van der Waals surface area (Å²) in [4.78, 5) is 12.2. The van der Waals surface area contributed by atoms with Crippen LogP contribution in [0.4, 0.5) is 0 Å². The Morgan fingerprint density at radius 1 is 0.864 bits per heavy atom. The predicted octanol–water partition coefficient (Wildman–Crippen LogP) is 4.61. The van der Waals surface area contributed by atoms with E-state index in [-0.39, 0.29) is 5.97 Å². The summed E-state index contributed by atoms with van der Waals surface area (Å²) in [6.07, 6.45) is 1.03. The van der Waals surface area contributed by atoms with Gasteiger partial charge in [-0.05, 0) is 72.3 Å². The molecule has 0 aliphatic rings. The summed E-state index contributed by atoms with van der Waals surface area (Å²) >= 11 is 0. The Kier molecular flexibility index (Phi) is 7.76. The van der Waals surface area contributed by atoms with Gasteiger partial charge in [0.1, 0.15) is 0 Å². The summed E-state index contributed by atoms with van der Waals surface area (Å²) in [5.41, 5.74) is -0.499. The molecule has 0 saturated heterocycles. The molecule has 0 N–H and O–H groups in total. The Labute approximate surface area is 140 Å². The molecule has 0 amide bonds. The van der Waals surface area contributed by atoms with Crippen LogP contribution in [0, 0.1) is 0 Å². The molecule has 0 unspecified atom stereocenters. The largest absolute Gasteiger partial charge is 0.520 e. The Morgan fingerprint density at radius 2 is 1.36 bits per heavy atom. The van der Waals surface area contributed by atoms with Gasteiger partial charge in [0, 0.05) is 6.61 Å². The zero-order valence-corrected chi connectivity index (χ0v) is 19.3. The first-order chi connectivity index (χ1) is 9.52. The van der Waals surface area contributed by atoms with Crippen LogP contribution in [0.25, 0.3) is 0 Å². The summed E-state index contributed by atoms with van der Waals surface area (Å²) in [7, 11) is -5.16. The van der Waals surface area contributed by atoms with E-state index in [9.17, 15) is 4.79 Å². The van der Waals surface area contributed by atoms with Crippen LogP contribution in [0.2, 0.25) is 58.9 Å². The van der Waals surface area contributed by atoms with E-state index in [4.69, 9.17) is 13.3 Å². The molecular weight excluding hydrogens is 328 g/mol. The van der Waals surface area contributed by atoms with E-state index in [1.165, 1.54) is 0 Å². The molecule has 0 fully saturated rings. The molecule has 0 bridgehead atoms. The van der Waals surface area contributed by atoms with Gasteiger partial charge in [-0.15, -0.1) is 0 Å². The highest BCUT2D eigenvalue weighted by Gasteiger charge is 2.35. The molecule has 0 radical (unpaired) electrons. The van der Waals surface area contributed by atoms with E-state index in [0.717, 1.165) is 6.42 Å². The second-order valence-electron chi connectivity index (χ2n) is 9.14. The van der Waals surface area contributed by atoms with Gasteiger partial charge in [0.15, 0.2) is 16.6 Å². The molecule has 0 saturated carbocycles. The van der Waals surface area contributed by atoms with Crippen molar-refractivity contribution in [3.05, 3.63) is 0 Å². The van der Waals surface area contributed by atoms with Crippen molar-refractivity contribution in [1.29, 1.82) is 0 Å². The van der Waals surface area contributed by atoms with Gasteiger partial charge in [0.25, 0.3) is 5.97 Å². The van der Waals surface area contributed by atoms with E-state index < -0.39 is 30.6 Å². The van der Waals surface area contributed by atoms with E-state index >= 15 is 0 Å². The fraction of sp³-hybridized carbons (Fsp3) is 0.933. The van der Waals surface area contributed by atoms with E-state index in [0.29, 0.717) is 13.0 Å². The quantitative estimate of drug-likeness (QED) is 0.561. The number of hydrogen-bond acceptors (Lipinski definition) is 4. The van der Waals surface area contributed by atoms with Crippen molar-refractivity contribution in [3.63, 3.8) is 0 Å². The van der Waals surface area contributed by atoms with Gasteiger partial charge < -0.3 is 13.3 Å². The van der Waals surface area contributed by atoms with Gasteiger partial charge in [-0.3, -0.25) is 4.79 Å². The highest BCUT2D eigenvalue weighted by molar-refractivity contribution is 6.71. The lowest BCUT2D eigenvalue weighted by molar-refractivity contribution is -0.139. The normalized spacial score (nSPS) is 16.3. The molecular formula is C15H36O4Si3. The second kappa shape index (κ2) is 7.74. The number of carbonyl (C=O) groups is 1. The average Bonchev–Trinajstić information content (AvgIpc) is 2.06. The van der Waals surface area contributed by atoms with E-state index in [1.54, 1.807) is 0 Å². The summed E-state index contributed by atoms with van der Waals surface area (Å²) < 4.78 is 17.9. The van der Waals surface area contributed by atoms with Crippen LogP contribution < -0.4 is 0 Å². The number of rotatable bonds is 9.